The normalized spacial score (nSPS) is 10.5. The first kappa shape index (κ1) is 22.0. The van der Waals surface area contributed by atoms with Crippen LogP contribution in [0.2, 0.25) is 0 Å². The van der Waals surface area contributed by atoms with Crippen LogP contribution in [0.25, 0.3) is 0 Å². The molecule has 0 spiro atoms. The third-order valence-corrected chi connectivity index (χ3v) is 4.93. The van der Waals surface area contributed by atoms with Crippen LogP contribution in [0.1, 0.15) is 17.0 Å². The molecule has 7 heteroatoms. The first-order valence-corrected chi connectivity index (χ1v) is 10.1. The van der Waals surface area contributed by atoms with Gasteiger partial charge in [-0.3, -0.25) is 4.79 Å². The van der Waals surface area contributed by atoms with Crippen LogP contribution in [0.5, 0.6) is 0 Å². The summed E-state index contributed by atoms with van der Waals surface area (Å²) in [6.45, 7) is 5.06. The fraction of sp³-hybridized carbons (Fsp3) is 0.250. The zero-order valence-electron chi connectivity index (χ0n) is 17.7. The molecule has 31 heavy (non-hydrogen) atoms. The number of furan rings is 1. The van der Waals surface area contributed by atoms with Crippen LogP contribution in [0.4, 0.5) is 4.79 Å². The minimum atomic E-state index is -0.311. The van der Waals surface area contributed by atoms with E-state index >= 15 is 0 Å². The van der Waals surface area contributed by atoms with E-state index < -0.39 is 0 Å². The number of amides is 3. The van der Waals surface area contributed by atoms with Crippen molar-refractivity contribution in [1.82, 2.24) is 19.7 Å². The van der Waals surface area contributed by atoms with E-state index in [0.717, 1.165) is 11.3 Å². The quantitative estimate of drug-likeness (QED) is 0.510. The number of aryl methyl sites for hydroxylation is 1. The van der Waals surface area contributed by atoms with Crippen molar-refractivity contribution in [1.29, 1.82) is 0 Å². The van der Waals surface area contributed by atoms with Gasteiger partial charge in [-0.25, -0.2) is 4.79 Å². The monoisotopic (exact) mass is 420 g/mol. The fourth-order valence-corrected chi connectivity index (χ4v) is 3.20. The largest absolute Gasteiger partial charge is 0.467 e. The third-order valence-electron chi connectivity index (χ3n) is 4.93. The minimum Gasteiger partial charge on any atom is -0.467 e. The average Bonchev–Trinajstić information content (AvgIpc) is 3.44. The Balaban J connectivity index is 1.67. The fourth-order valence-electron chi connectivity index (χ4n) is 3.20. The highest BCUT2D eigenvalue weighted by atomic mass is 16.3. The number of nitrogens with zero attached hydrogens (tertiary/aromatic N) is 3. The average molecular weight is 421 g/mol. The summed E-state index contributed by atoms with van der Waals surface area (Å²) in [7, 11) is 1.94. The lowest BCUT2D eigenvalue weighted by molar-refractivity contribution is -0.133. The number of hydrogen-bond donors (Lipinski definition) is 1. The summed E-state index contributed by atoms with van der Waals surface area (Å²) < 4.78 is 7.41. The zero-order chi connectivity index (χ0) is 22.1. The van der Waals surface area contributed by atoms with Gasteiger partial charge in [-0.05, 0) is 29.8 Å². The molecule has 2 heterocycles. The standard InChI is InChI=1S/C24H28N4O3/c1-3-13-27(24(30)25-16-20-9-5-4-6-10-20)19-23(29)28(18-22-12-8-15-31-22)17-21-11-7-14-26(21)2/h3-12,14-15H,1,13,16-19H2,2H3,(H,25,30). The van der Waals surface area contributed by atoms with E-state index in [1.807, 2.05) is 66.3 Å². The van der Waals surface area contributed by atoms with E-state index in [1.165, 1.54) is 4.90 Å². The van der Waals surface area contributed by atoms with Gasteiger partial charge in [0, 0.05) is 32.0 Å². The van der Waals surface area contributed by atoms with E-state index in [9.17, 15) is 9.59 Å². The predicted molar refractivity (Wildman–Crippen MR) is 119 cm³/mol. The zero-order valence-corrected chi connectivity index (χ0v) is 17.7. The van der Waals surface area contributed by atoms with Crippen molar-refractivity contribution < 1.29 is 14.0 Å². The molecule has 0 unspecified atom stereocenters. The van der Waals surface area contributed by atoms with Crippen LogP contribution in [-0.2, 0) is 31.5 Å². The van der Waals surface area contributed by atoms with Crippen molar-refractivity contribution in [2.45, 2.75) is 19.6 Å². The molecule has 162 valence electrons. The molecular weight excluding hydrogens is 392 g/mol. The second kappa shape index (κ2) is 10.9. The van der Waals surface area contributed by atoms with Gasteiger partial charge < -0.3 is 24.1 Å². The Morgan fingerprint density at radius 2 is 1.87 bits per heavy atom. The second-order valence-electron chi connectivity index (χ2n) is 7.25. The van der Waals surface area contributed by atoms with Crippen LogP contribution >= 0.6 is 0 Å². The summed E-state index contributed by atoms with van der Waals surface area (Å²) in [6, 6.07) is 16.9. The van der Waals surface area contributed by atoms with E-state index in [1.54, 1.807) is 23.3 Å². The lowest BCUT2D eigenvalue weighted by atomic mass is 10.2. The SMILES string of the molecule is C=CCN(CC(=O)N(Cc1ccco1)Cc1cccn1C)C(=O)NCc1ccccc1. The van der Waals surface area contributed by atoms with Gasteiger partial charge in [-0.2, -0.15) is 0 Å². The number of benzene rings is 1. The molecule has 0 aliphatic rings. The Morgan fingerprint density at radius 3 is 2.52 bits per heavy atom. The molecule has 0 atom stereocenters. The van der Waals surface area contributed by atoms with Crippen molar-refractivity contribution in [3.8, 4) is 0 Å². The van der Waals surface area contributed by atoms with Crippen molar-refractivity contribution in [2.75, 3.05) is 13.1 Å². The maximum absolute atomic E-state index is 13.2. The Kier molecular flexibility index (Phi) is 7.70. The maximum Gasteiger partial charge on any atom is 0.318 e. The van der Waals surface area contributed by atoms with E-state index in [-0.39, 0.29) is 25.0 Å². The van der Waals surface area contributed by atoms with E-state index in [4.69, 9.17) is 4.42 Å². The highest BCUT2D eigenvalue weighted by Crippen LogP contribution is 2.12. The second-order valence-corrected chi connectivity index (χ2v) is 7.25. The number of carbonyl (C=O) groups excluding carboxylic acids is 2. The lowest BCUT2D eigenvalue weighted by Crippen LogP contribution is -2.46. The smallest absolute Gasteiger partial charge is 0.318 e. The number of urea groups is 1. The molecule has 3 amide bonds. The van der Waals surface area contributed by atoms with Gasteiger partial charge in [-0.15, -0.1) is 6.58 Å². The van der Waals surface area contributed by atoms with Crippen molar-refractivity contribution in [3.63, 3.8) is 0 Å². The Hall–Kier alpha value is -3.74. The molecule has 0 saturated carbocycles. The summed E-state index contributed by atoms with van der Waals surface area (Å²) in [6.07, 6.45) is 5.14. The number of carbonyl (C=O) groups is 2. The number of nitrogens with one attached hydrogen (secondary N) is 1. The highest BCUT2D eigenvalue weighted by molar-refractivity contribution is 5.84. The molecule has 7 nitrogen and oxygen atoms in total. The Morgan fingerprint density at radius 1 is 1.06 bits per heavy atom. The molecule has 0 fully saturated rings. The molecule has 1 N–H and O–H groups in total. The maximum atomic E-state index is 13.2. The van der Waals surface area contributed by atoms with Gasteiger partial charge in [0.05, 0.1) is 19.4 Å². The number of hydrogen-bond acceptors (Lipinski definition) is 3. The molecule has 0 aliphatic heterocycles. The van der Waals surface area contributed by atoms with E-state index in [0.29, 0.717) is 25.4 Å². The molecule has 0 radical (unpaired) electrons. The molecular formula is C24H28N4O3. The lowest BCUT2D eigenvalue weighted by Gasteiger charge is -2.27. The van der Waals surface area contributed by atoms with Crippen LogP contribution in [0, 0.1) is 0 Å². The van der Waals surface area contributed by atoms with Gasteiger partial charge in [-0.1, -0.05) is 36.4 Å². The van der Waals surface area contributed by atoms with Gasteiger partial charge in [0.1, 0.15) is 12.3 Å². The summed E-state index contributed by atoms with van der Waals surface area (Å²) in [5.74, 6) is 0.515. The molecule has 3 aromatic rings. The van der Waals surface area contributed by atoms with Crippen molar-refractivity contribution in [2.24, 2.45) is 7.05 Å². The third kappa shape index (κ3) is 6.37. The van der Waals surface area contributed by atoms with Crippen LogP contribution < -0.4 is 5.32 Å². The van der Waals surface area contributed by atoms with Crippen LogP contribution in [-0.4, -0.2) is 39.4 Å². The van der Waals surface area contributed by atoms with Crippen LogP contribution in [0.3, 0.4) is 0 Å². The van der Waals surface area contributed by atoms with Crippen molar-refractivity contribution >= 4 is 11.9 Å². The molecule has 0 bridgehead atoms. The molecule has 2 aromatic heterocycles. The summed E-state index contributed by atoms with van der Waals surface area (Å²) >= 11 is 0. The van der Waals surface area contributed by atoms with Gasteiger partial charge in [0.25, 0.3) is 0 Å². The first-order chi connectivity index (χ1) is 15.1. The number of rotatable bonds is 10. The molecule has 1 aromatic carbocycles. The van der Waals surface area contributed by atoms with Gasteiger partial charge in [0.2, 0.25) is 5.91 Å². The predicted octanol–water partition coefficient (Wildman–Crippen LogP) is 3.54. The molecule has 0 saturated heterocycles. The Labute approximate surface area is 182 Å². The highest BCUT2D eigenvalue weighted by Gasteiger charge is 2.22. The van der Waals surface area contributed by atoms with Crippen LogP contribution in [0.15, 0.2) is 84.1 Å². The topological polar surface area (TPSA) is 70.7 Å². The first-order valence-electron chi connectivity index (χ1n) is 10.1. The summed E-state index contributed by atoms with van der Waals surface area (Å²) in [4.78, 5) is 29.1. The minimum absolute atomic E-state index is 0.0578. The summed E-state index contributed by atoms with van der Waals surface area (Å²) in [5, 5.41) is 2.87. The summed E-state index contributed by atoms with van der Waals surface area (Å²) in [5.41, 5.74) is 1.98. The van der Waals surface area contributed by atoms with E-state index in [2.05, 4.69) is 11.9 Å². The Bertz CT molecular complexity index is 979. The van der Waals surface area contributed by atoms with Gasteiger partial charge >= 0.3 is 6.03 Å². The van der Waals surface area contributed by atoms with Gasteiger partial charge in [0.15, 0.2) is 0 Å². The number of aromatic nitrogens is 1. The molecule has 3 rings (SSSR count). The van der Waals surface area contributed by atoms with Crippen molar-refractivity contribution in [3.05, 3.63) is 96.7 Å². The molecule has 0 aliphatic carbocycles.